The van der Waals surface area contributed by atoms with Crippen molar-refractivity contribution in [1.29, 1.82) is 0 Å². The van der Waals surface area contributed by atoms with Gasteiger partial charge in [-0.05, 0) is 35.2 Å². The molecular weight excluding hydrogens is 308 g/mol. The van der Waals surface area contributed by atoms with E-state index in [2.05, 4.69) is 38.6 Å². The second-order valence-electron chi connectivity index (χ2n) is 4.93. The molecule has 2 N–H and O–H groups in total. The average Bonchev–Trinajstić information content (AvgIpc) is 3.19. The zero-order valence-corrected chi connectivity index (χ0v) is 13.1. The lowest BCUT2D eigenvalue weighted by molar-refractivity contribution is -0.122. The zero-order chi connectivity index (χ0) is 13.8. The van der Waals surface area contributed by atoms with Gasteiger partial charge in [-0.3, -0.25) is 9.48 Å². The molecule has 0 aromatic carbocycles. The van der Waals surface area contributed by atoms with Crippen LogP contribution in [0.2, 0.25) is 0 Å². The molecule has 1 aromatic heterocycles. The molecular formula is C13H21BrN4O. The number of halogens is 1. The van der Waals surface area contributed by atoms with Crippen LogP contribution in [0, 0.1) is 5.92 Å². The number of carbonyl (C=O) groups is 1. The van der Waals surface area contributed by atoms with Crippen molar-refractivity contribution in [2.75, 3.05) is 13.1 Å². The van der Waals surface area contributed by atoms with E-state index in [1.807, 2.05) is 11.7 Å². The minimum atomic E-state index is 0.205. The third kappa shape index (κ3) is 3.79. The van der Waals surface area contributed by atoms with Gasteiger partial charge in [-0.15, -0.1) is 0 Å². The number of nitrogens with zero attached hydrogens (tertiary/aromatic N) is 2. The van der Waals surface area contributed by atoms with E-state index in [-0.39, 0.29) is 5.91 Å². The molecule has 1 aliphatic rings. The lowest BCUT2D eigenvalue weighted by atomic mass is 10.3. The molecule has 6 heteroatoms. The van der Waals surface area contributed by atoms with Gasteiger partial charge in [0.2, 0.25) is 5.91 Å². The van der Waals surface area contributed by atoms with Gasteiger partial charge in [0.05, 0.1) is 15.9 Å². The molecule has 1 aliphatic carbocycles. The highest BCUT2D eigenvalue weighted by molar-refractivity contribution is 9.10. The maximum Gasteiger partial charge on any atom is 0.223 e. The summed E-state index contributed by atoms with van der Waals surface area (Å²) in [5, 5.41) is 10.7. The van der Waals surface area contributed by atoms with Crippen LogP contribution in [0.5, 0.6) is 0 Å². The Hall–Kier alpha value is -0.880. The molecule has 1 saturated carbocycles. The summed E-state index contributed by atoms with van der Waals surface area (Å²) in [6.45, 7) is 4.31. The van der Waals surface area contributed by atoms with Crippen molar-refractivity contribution in [3.8, 4) is 0 Å². The van der Waals surface area contributed by atoms with Gasteiger partial charge in [-0.2, -0.15) is 5.10 Å². The Kier molecular flexibility index (Phi) is 4.99. The predicted octanol–water partition coefficient (Wildman–Crippen LogP) is 1.36. The minimum Gasteiger partial charge on any atom is -0.355 e. The molecule has 0 radical (unpaired) electrons. The normalized spacial score (nSPS) is 14.7. The Morgan fingerprint density at radius 3 is 2.79 bits per heavy atom. The molecule has 1 amide bonds. The van der Waals surface area contributed by atoms with E-state index in [0.29, 0.717) is 12.5 Å². The number of carbonyl (C=O) groups excluding carboxylic acids is 1. The van der Waals surface area contributed by atoms with E-state index in [9.17, 15) is 4.79 Å². The molecule has 1 fully saturated rings. The van der Waals surface area contributed by atoms with E-state index in [1.54, 1.807) is 0 Å². The number of hydrogen-bond acceptors (Lipinski definition) is 3. The van der Waals surface area contributed by atoms with Gasteiger partial charge in [0, 0.05) is 32.6 Å². The molecule has 2 rings (SSSR count). The van der Waals surface area contributed by atoms with Crippen molar-refractivity contribution in [1.82, 2.24) is 20.4 Å². The number of rotatable bonds is 7. The summed E-state index contributed by atoms with van der Waals surface area (Å²) in [6, 6.07) is 0. The fraction of sp³-hybridized carbons (Fsp3) is 0.692. The molecule has 0 saturated heterocycles. The monoisotopic (exact) mass is 328 g/mol. The van der Waals surface area contributed by atoms with E-state index in [1.165, 1.54) is 0 Å². The Labute approximate surface area is 122 Å². The Morgan fingerprint density at radius 1 is 1.47 bits per heavy atom. The van der Waals surface area contributed by atoms with Crippen LogP contribution in [0.3, 0.4) is 0 Å². The van der Waals surface area contributed by atoms with Gasteiger partial charge in [0.1, 0.15) is 0 Å². The molecule has 106 valence electrons. The van der Waals surface area contributed by atoms with Gasteiger partial charge >= 0.3 is 0 Å². The average molecular weight is 329 g/mol. The standard InChI is InChI=1S/C13H21BrN4O/c1-3-10-12(14)11(18(2)17-10)8-15-6-7-16-13(19)9-4-5-9/h9,15H,3-8H2,1-2H3,(H,16,19). The number of nitrogens with one attached hydrogen (secondary N) is 2. The quantitative estimate of drug-likeness (QED) is 0.743. The first-order valence-corrected chi connectivity index (χ1v) is 7.61. The molecule has 0 unspecified atom stereocenters. The van der Waals surface area contributed by atoms with Crippen LogP contribution in [0.15, 0.2) is 4.47 Å². The number of amides is 1. The minimum absolute atomic E-state index is 0.205. The molecule has 5 nitrogen and oxygen atoms in total. The van der Waals surface area contributed by atoms with Gasteiger partial charge in [0.15, 0.2) is 0 Å². The summed E-state index contributed by atoms with van der Waals surface area (Å²) in [5.74, 6) is 0.495. The molecule has 0 atom stereocenters. The lowest BCUT2D eigenvalue weighted by Gasteiger charge is -2.07. The Morgan fingerprint density at radius 2 is 2.21 bits per heavy atom. The highest BCUT2D eigenvalue weighted by atomic mass is 79.9. The molecule has 19 heavy (non-hydrogen) atoms. The molecule has 0 spiro atoms. The maximum absolute atomic E-state index is 11.4. The Bertz CT molecular complexity index is 454. The second kappa shape index (κ2) is 6.52. The summed E-state index contributed by atoms with van der Waals surface area (Å²) in [4.78, 5) is 11.4. The number of aromatic nitrogens is 2. The summed E-state index contributed by atoms with van der Waals surface area (Å²) >= 11 is 3.59. The second-order valence-corrected chi connectivity index (χ2v) is 5.72. The lowest BCUT2D eigenvalue weighted by Crippen LogP contribution is -2.32. The van der Waals surface area contributed by atoms with E-state index in [0.717, 1.165) is 48.2 Å². The Balaban J connectivity index is 1.70. The first kappa shape index (κ1) is 14.5. The van der Waals surface area contributed by atoms with Gasteiger partial charge in [-0.25, -0.2) is 0 Å². The predicted molar refractivity (Wildman–Crippen MR) is 77.7 cm³/mol. The number of aryl methyl sites for hydroxylation is 2. The van der Waals surface area contributed by atoms with Crippen molar-refractivity contribution < 1.29 is 4.79 Å². The third-order valence-corrected chi connectivity index (χ3v) is 4.26. The van der Waals surface area contributed by atoms with Crippen LogP contribution in [0.25, 0.3) is 0 Å². The zero-order valence-electron chi connectivity index (χ0n) is 11.5. The first-order chi connectivity index (χ1) is 9.13. The molecule has 0 bridgehead atoms. The topological polar surface area (TPSA) is 59.0 Å². The number of hydrogen-bond donors (Lipinski definition) is 2. The van der Waals surface area contributed by atoms with E-state index >= 15 is 0 Å². The summed E-state index contributed by atoms with van der Waals surface area (Å²) in [7, 11) is 1.95. The van der Waals surface area contributed by atoms with Crippen molar-refractivity contribution in [3.63, 3.8) is 0 Å². The maximum atomic E-state index is 11.4. The summed E-state index contributed by atoms with van der Waals surface area (Å²) < 4.78 is 2.99. The smallest absolute Gasteiger partial charge is 0.223 e. The first-order valence-electron chi connectivity index (χ1n) is 6.82. The molecule has 1 aromatic rings. The van der Waals surface area contributed by atoms with Crippen molar-refractivity contribution in [2.45, 2.75) is 32.7 Å². The third-order valence-electron chi connectivity index (χ3n) is 3.34. The van der Waals surface area contributed by atoms with Crippen molar-refractivity contribution >= 4 is 21.8 Å². The molecule has 1 heterocycles. The summed E-state index contributed by atoms with van der Waals surface area (Å²) in [6.07, 6.45) is 3.04. The van der Waals surface area contributed by atoms with Crippen LogP contribution < -0.4 is 10.6 Å². The van der Waals surface area contributed by atoms with E-state index in [4.69, 9.17) is 0 Å². The van der Waals surface area contributed by atoms with E-state index < -0.39 is 0 Å². The van der Waals surface area contributed by atoms with Crippen LogP contribution in [-0.4, -0.2) is 28.8 Å². The summed E-state index contributed by atoms with van der Waals surface area (Å²) in [5.41, 5.74) is 2.23. The van der Waals surface area contributed by atoms with Crippen LogP contribution in [0.4, 0.5) is 0 Å². The van der Waals surface area contributed by atoms with Crippen molar-refractivity contribution in [2.24, 2.45) is 13.0 Å². The highest BCUT2D eigenvalue weighted by Crippen LogP contribution is 2.28. The van der Waals surface area contributed by atoms with Crippen LogP contribution in [0.1, 0.15) is 31.2 Å². The largest absolute Gasteiger partial charge is 0.355 e. The van der Waals surface area contributed by atoms with Crippen LogP contribution in [-0.2, 0) is 24.8 Å². The molecule has 0 aliphatic heterocycles. The van der Waals surface area contributed by atoms with Crippen molar-refractivity contribution in [3.05, 3.63) is 15.9 Å². The fourth-order valence-electron chi connectivity index (χ4n) is 1.98. The highest BCUT2D eigenvalue weighted by Gasteiger charge is 2.28. The SMILES string of the molecule is CCc1nn(C)c(CNCCNC(=O)C2CC2)c1Br. The van der Waals surface area contributed by atoms with Gasteiger partial charge < -0.3 is 10.6 Å². The van der Waals surface area contributed by atoms with Gasteiger partial charge in [-0.1, -0.05) is 6.92 Å². The fourth-order valence-corrected chi connectivity index (χ4v) is 2.74. The van der Waals surface area contributed by atoms with Crippen LogP contribution >= 0.6 is 15.9 Å². The van der Waals surface area contributed by atoms with Gasteiger partial charge in [0.25, 0.3) is 0 Å².